The van der Waals surface area contributed by atoms with E-state index in [-0.39, 0.29) is 5.28 Å². The first-order chi connectivity index (χ1) is 10.7. The van der Waals surface area contributed by atoms with Crippen LogP contribution in [0.15, 0.2) is 24.3 Å². The summed E-state index contributed by atoms with van der Waals surface area (Å²) in [6.07, 6.45) is 3.35. The van der Waals surface area contributed by atoms with Gasteiger partial charge in [-0.05, 0) is 54.6 Å². The largest absolute Gasteiger partial charge is 0.339 e. The summed E-state index contributed by atoms with van der Waals surface area (Å²) in [5, 5.41) is 13.6. The molecule has 0 amide bonds. The Bertz CT molecular complexity index is 926. The fourth-order valence-corrected chi connectivity index (χ4v) is 4.34. The number of nitrogens with zero attached hydrogens (tertiary/aromatic N) is 3. The molecular formula is C16H11ClN4S. The maximum Gasteiger partial charge on any atom is 0.225 e. The topological polar surface area (TPSA) is 61.6 Å². The van der Waals surface area contributed by atoms with Gasteiger partial charge in [-0.3, -0.25) is 0 Å². The van der Waals surface area contributed by atoms with Gasteiger partial charge in [0.25, 0.3) is 0 Å². The highest BCUT2D eigenvalue weighted by Gasteiger charge is 2.22. The molecule has 0 bridgehead atoms. The summed E-state index contributed by atoms with van der Waals surface area (Å²) in [6, 6.07) is 9.47. The third kappa shape index (κ3) is 2.21. The molecule has 1 aliphatic rings. The molecule has 0 aliphatic heterocycles. The van der Waals surface area contributed by atoms with Crippen molar-refractivity contribution in [1.82, 2.24) is 9.97 Å². The molecule has 6 heteroatoms. The third-order valence-corrected chi connectivity index (χ3v) is 5.15. The van der Waals surface area contributed by atoms with Crippen LogP contribution >= 0.6 is 22.9 Å². The maximum absolute atomic E-state index is 9.01. The average molecular weight is 327 g/mol. The Morgan fingerprint density at radius 3 is 3.05 bits per heavy atom. The molecule has 0 atom stereocenters. The van der Waals surface area contributed by atoms with Gasteiger partial charge in [0.05, 0.1) is 17.0 Å². The Labute approximate surface area is 136 Å². The predicted molar refractivity (Wildman–Crippen MR) is 88.9 cm³/mol. The molecule has 2 aromatic heterocycles. The minimum Gasteiger partial charge on any atom is -0.339 e. The molecule has 108 valence electrons. The molecule has 1 aliphatic carbocycles. The number of benzene rings is 1. The normalized spacial score (nSPS) is 13.1. The summed E-state index contributed by atoms with van der Waals surface area (Å²) < 4.78 is 0. The lowest BCUT2D eigenvalue weighted by atomic mass is 10.1. The zero-order valence-electron chi connectivity index (χ0n) is 11.6. The van der Waals surface area contributed by atoms with Crippen LogP contribution in [0.4, 0.5) is 11.5 Å². The summed E-state index contributed by atoms with van der Waals surface area (Å²) >= 11 is 7.77. The molecule has 0 unspecified atom stereocenters. The Balaban J connectivity index is 1.85. The van der Waals surface area contributed by atoms with Crippen molar-refractivity contribution in [3.05, 3.63) is 45.6 Å². The van der Waals surface area contributed by atoms with Crippen molar-refractivity contribution in [2.24, 2.45) is 0 Å². The number of fused-ring (bicyclic) bond motifs is 3. The van der Waals surface area contributed by atoms with Gasteiger partial charge in [-0.15, -0.1) is 11.3 Å². The molecule has 0 radical (unpaired) electrons. The quantitative estimate of drug-likeness (QED) is 0.707. The highest BCUT2D eigenvalue weighted by atomic mass is 35.5. The van der Waals surface area contributed by atoms with Gasteiger partial charge in [0.1, 0.15) is 10.6 Å². The second-order valence-corrected chi connectivity index (χ2v) is 6.62. The van der Waals surface area contributed by atoms with Crippen LogP contribution in [0.3, 0.4) is 0 Å². The van der Waals surface area contributed by atoms with Gasteiger partial charge in [0.15, 0.2) is 0 Å². The number of hydrogen-bond donors (Lipinski definition) is 1. The van der Waals surface area contributed by atoms with Crippen molar-refractivity contribution in [2.45, 2.75) is 19.3 Å². The van der Waals surface area contributed by atoms with Crippen molar-refractivity contribution in [3.8, 4) is 6.07 Å². The van der Waals surface area contributed by atoms with Gasteiger partial charge in [0.2, 0.25) is 5.28 Å². The summed E-state index contributed by atoms with van der Waals surface area (Å²) in [7, 11) is 0. The number of aromatic nitrogens is 2. The monoisotopic (exact) mass is 326 g/mol. The van der Waals surface area contributed by atoms with E-state index >= 15 is 0 Å². The summed E-state index contributed by atoms with van der Waals surface area (Å²) in [6.45, 7) is 0. The van der Waals surface area contributed by atoms with Crippen LogP contribution in [0.25, 0.3) is 10.2 Å². The number of nitrogens with one attached hydrogen (secondary N) is 1. The Hall–Kier alpha value is -2.16. The third-order valence-electron chi connectivity index (χ3n) is 3.79. The maximum atomic E-state index is 9.01. The highest BCUT2D eigenvalue weighted by molar-refractivity contribution is 7.19. The Morgan fingerprint density at radius 1 is 1.27 bits per heavy atom. The zero-order chi connectivity index (χ0) is 15.1. The summed E-state index contributed by atoms with van der Waals surface area (Å²) in [5.41, 5.74) is 2.78. The lowest BCUT2D eigenvalue weighted by Crippen LogP contribution is -1.97. The van der Waals surface area contributed by atoms with Crippen LogP contribution in [-0.4, -0.2) is 9.97 Å². The van der Waals surface area contributed by atoms with E-state index in [1.54, 1.807) is 23.5 Å². The fraction of sp³-hybridized carbons (Fsp3) is 0.188. The van der Waals surface area contributed by atoms with Gasteiger partial charge in [-0.1, -0.05) is 6.07 Å². The van der Waals surface area contributed by atoms with Crippen LogP contribution < -0.4 is 5.32 Å². The molecule has 0 saturated carbocycles. The molecule has 22 heavy (non-hydrogen) atoms. The van der Waals surface area contributed by atoms with Crippen LogP contribution in [0.2, 0.25) is 5.28 Å². The minimum atomic E-state index is 0.242. The van der Waals surface area contributed by atoms with E-state index in [2.05, 4.69) is 21.4 Å². The van der Waals surface area contributed by atoms with Gasteiger partial charge in [-0.2, -0.15) is 10.2 Å². The highest BCUT2D eigenvalue weighted by Crippen LogP contribution is 2.40. The molecule has 0 fully saturated rings. The number of nitriles is 1. The standard InChI is InChI=1S/C16H11ClN4S/c17-16-20-14(19-10-4-1-3-9(7-10)8-18)13-11-5-2-6-12(11)22-15(13)21-16/h1,3-4,7H,2,5-6H2,(H,19,20,21). The number of anilines is 2. The van der Waals surface area contributed by atoms with E-state index in [4.69, 9.17) is 16.9 Å². The SMILES string of the molecule is N#Cc1cccc(Nc2nc(Cl)nc3sc4c(c23)CCC4)c1. The number of rotatable bonds is 2. The van der Waals surface area contributed by atoms with E-state index in [0.717, 1.165) is 34.6 Å². The first-order valence-corrected chi connectivity index (χ1v) is 8.19. The van der Waals surface area contributed by atoms with Crippen LogP contribution in [0.1, 0.15) is 22.4 Å². The summed E-state index contributed by atoms with van der Waals surface area (Å²) in [5.74, 6) is 0.726. The van der Waals surface area contributed by atoms with Crippen LogP contribution in [-0.2, 0) is 12.8 Å². The van der Waals surface area contributed by atoms with Gasteiger partial charge in [0, 0.05) is 10.6 Å². The lowest BCUT2D eigenvalue weighted by Gasteiger charge is -2.08. The molecule has 1 N–H and O–H groups in total. The molecule has 4 nitrogen and oxygen atoms in total. The predicted octanol–water partition coefficient (Wildman–Crippen LogP) is 4.45. The average Bonchev–Trinajstić information content (AvgIpc) is 3.07. The molecule has 1 aromatic carbocycles. The molecule has 3 aromatic rings. The lowest BCUT2D eigenvalue weighted by molar-refractivity contribution is 0.917. The summed E-state index contributed by atoms with van der Waals surface area (Å²) in [4.78, 5) is 11.0. The minimum absolute atomic E-state index is 0.242. The number of aryl methyl sites for hydroxylation is 2. The second-order valence-electron chi connectivity index (χ2n) is 5.20. The van der Waals surface area contributed by atoms with Crippen molar-refractivity contribution in [1.29, 1.82) is 5.26 Å². The van der Waals surface area contributed by atoms with Crippen molar-refractivity contribution < 1.29 is 0 Å². The van der Waals surface area contributed by atoms with Crippen LogP contribution in [0.5, 0.6) is 0 Å². The zero-order valence-corrected chi connectivity index (χ0v) is 13.1. The number of halogens is 1. The van der Waals surface area contributed by atoms with E-state index in [1.165, 1.54) is 16.9 Å². The van der Waals surface area contributed by atoms with Crippen molar-refractivity contribution >= 4 is 44.7 Å². The van der Waals surface area contributed by atoms with Crippen molar-refractivity contribution in [2.75, 3.05) is 5.32 Å². The number of hydrogen-bond acceptors (Lipinski definition) is 5. The van der Waals surface area contributed by atoms with Gasteiger partial charge < -0.3 is 5.32 Å². The Morgan fingerprint density at radius 2 is 2.18 bits per heavy atom. The molecule has 4 rings (SSSR count). The van der Waals surface area contributed by atoms with Gasteiger partial charge >= 0.3 is 0 Å². The first kappa shape index (κ1) is 13.5. The molecular weight excluding hydrogens is 316 g/mol. The number of thiophene rings is 1. The molecule has 2 heterocycles. The molecule has 0 saturated heterocycles. The van der Waals surface area contributed by atoms with E-state index in [1.807, 2.05) is 12.1 Å². The fourth-order valence-electron chi connectivity index (χ4n) is 2.86. The smallest absolute Gasteiger partial charge is 0.225 e. The van der Waals surface area contributed by atoms with E-state index in [9.17, 15) is 0 Å². The van der Waals surface area contributed by atoms with E-state index in [0.29, 0.717) is 5.56 Å². The Kier molecular flexibility index (Phi) is 3.21. The molecule has 0 spiro atoms. The van der Waals surface area contributed by atoms with E-state index < -0.39 is 0 Å². The first-order valence-electron chi connectivity index (χ1n) is 6.99. The second kappa shape index (κ2) is 5.24. The van der Waals surface area contributed by atoms with Gasteiger partial charge in [-0.25, -0.2) is 4.98 Å². The van der Waals surface area contributed by atoms with Crippen molar-refractivity contribution in [3.63, 3.8) is 0 Å². The van der Waals surface area contributed by atoms with Crippen LogP contribution in [0, 0.1) is 11.3 Å².